The van der Waals surface area contributed by atoms with Crippen LogP contribution in [0.1, 0.15) is 12.0 Å². The fourth-order valence-corrected chi connectivity index (χ4v) is 3.24. The van der Waals surface area contributed by atoms with E-state index < -0.39 is 42.6 Å². The Bertz CT molecular complexity index is 1030. The molecule has 3 nitrogen and oxygen atoms in total. The number of alkyl halides is 8. The monoisotopic (exact) mass is 493 g/mol. The van der Waals surface area contributed by atoms with Gasteiger partial charge in [0, 0.05) is 23.4 Å². The lowest BCUT2D eigenvalue weighted by atomic mass is 10.0. The van der Waals surface area contributed by atoms with Gasteiger partial charge in [0.15, 0.2) is 6.10 Å². The lowest BCUT2D eigenvalue weighted by molar-refractivity contribution is -0.289. The maximum Gasteiger partial charge on any atom is 0.458 e. The van der Waals surface area contributed by atoms with Crippen LogP contribution in [0.25, 0.3) is 0 Å². The molecular weight excluding hydrogens is 474 g/mol. The molecular formula is C23H19F8NO2. The molecule has 2 aromatic rings. The van der Waals surface area contributed by atoms with Crippen molar-refractivity contribution in [2.24, 2.45) is 0 Å². The lowest BCUT2D eigenvalue weighted by Crippen LogP contribution is -2.41. The first-order chi connectivity index (χ1) is 15.8. The van der Waals surface area contributed by atoms with E-state index >= 15 is 0 Å². The fourth-order valence-electron chi connectivity index (χ4n) is 3.24. The van der Waals surface area contributed by atoms with Crippen LogP contribution in [0, 0.1) is 0 Å². The van der Waals surface area contributed by atoms with Crippen molar-refractivity contribution in [3.63, 3.8) is 0 Å². The Kier molecular flexibility index (Phi) is 7.25. The second-order valence-electron chi connectivity index (χ2n) is 7.49. The van der Waals surface area contributed by atoms with Gasteiger partial charge < -0.3 is 14.7 Å². The SMILES string of the molecule is OC(CN(C1=CC(Oc2ccccc2)CC=C1)c1cccc(C(F)(F)C(F)(F)F)c1)C(F)(F)F. The molecule has 2 aromatic carbocycles. The minimum atomic E-state index is -5.90. The minimum absolute atomic E-state index is 0.0305. The van der Waals surface area contributed by atoms with E-state index in [4.69, 9.17) is 4.74 Å². The van der Waals surface area contributed by atoms with E-state index in [0.29, 0.717) is 24.3 Å². The van der Waals surface area contributed by atoms with Crippen LogP contribution in [0.15, 0.2) is 78.5 Å². The summed E-state index contributed by atoms with van der Waals surface area (Å²) in [5.41, 5.74) is -1.80. The average molecular weight is 493 g/mol. The maximum atomic E-state index is 13.9. The summed E-state index contributed by atoms with van der Waals surface area (Å²) in [4.78, 5) is 0.825. The van der Waals surface area contributed by atoms with Crippen LogP contribution in [-0.4, -0.2) is 36.2 Å². The topological polar surface area (TPSA) is 32.7 Å². The predicted octanol–water partition coefficient (Wildman–Crippen LogP) is 6.36. The Labute approximate surface area is 189 Å². The molecule has 0 saturated carbocycles. The molecule has 0 saturated heterocycles. The minimum Gasteiger partial charge on any atom is -0.486 e. The molecule has 0 spiro atoms. The summed E-state index contributed by atoms with van der Waals surface area (Å²) in [5.74, 6) is -4.76. The second-order valence-corrected chi connectivity index (χ2v) is 7.49. The number of ether oxygens (including phenoxy) is 1. The largest absolute Gasteiger partial charge is 0.486 e. The number of aliphatic hydroxyl groups excluding tert-OH is 1. The van der Waals surface area contributed by atoms with Gasteiger partial charge in [0.1, 0.15) is 11.9 Å². The molecule has 2 unspecified atom stereocenters. The molecule has 2 atom stereocenters. The molecule has 3 rings (SSSR count). The van der Waals surface area contributed by atoms with Crippen LogP contribution in [0.4, 0.5) is 40.8 Å². The first kappa shape index (κ1) is 25.5. The molecule has 1 aliphatic carbocycles. The number of anilines is 1. The van der Waals surface area contributed by atoms with Crippen molar-refractivity contribution < 1.29 is 45.0 Å². The quantitative estimate of drug-likeness (QED) is 0.456. The summed E-state index contributed by atoms with van der Waals surface area (Å²) in [7, 11) is 0. The van der Waals surface area contributed by atoms with E-state index in [9.17, 15) is 40.2 Å². The van der Waals surface area contributed by atoms with Gasteiger partial charge in [-0.25, -0.2) is 0 Å². The number of para-hydroxylation sites is 1. The summed E-state index contributed by atoms with van der Waals surface area (Å²) < 4.78 is 111. The third kappa shape index (κ3) is 5.88. The summed E-state index contributed by atoms with van der Waals surface area (Å²) >= 11 is 0. The van der Waals surface area contributed by atoms with Crippen molar-refractivity contribution in [2.45, 2.75) is 36.9 Å². The predicted molar refractivity (Wildman–Crippen MR) is 108 cm³/mol. The van der Waals surface area contributed by atoms with Gasteiger partial charge in [0.05, 0.1) is 6.54 Å². The molecule has 0 aliphatic heterocycles. The van der Waals surface area contributed by atoms with Crippen molar-refractivity contribution >= 4 is 5.69 Å². The summed E-state index contributed by atoms with van der Waals surface area (Å²) in [6.45, 7) is -1.14. The highest BCUT2D eigenvalue weighted by atomic mass is 19.4. The van der Waals surface area contributed by atoms with Crippen LogP contribution in [0.2, 0.25) is 0 Å². The lowest BCUT2D eigenvalue weighted by Gasteiger charge is -2.32. The van der Waals surface area contributed by atoms with Crippen molar-refractivity contribution in [3.05, 3.63) is 84.1 Å². The molecule has 11 heteroatoms. The van der Waals surface area contributed by atoms with Crippen LogP contribution in [0.5, 0.6) is 5.75 Å². The molecule has 0 aromatic heterocycles. The van der Waals surface area contributed by atoms with E-state index in [2.05, 4.69) is 0 Å². The Balaban J connectivity index is 1.99. The molecule has 184 valence electrons. The zero-order valence-corrected chi connectivity index (χ0v) is 17.3. The van der Waals surface area contributed by atoms with E-state index in [1.54, 1.807) is 36.4 Å². The number of hydrogen-bond donors (Lipinski definition) is 1. The number of allylic oxidation sites excluding steroid dienone is 1. The van der Waals surface area contributed by atoms with Gasteiger partial charge in [0.25, 0.3) is 0 Å². The van der Waals surface area contributed by atoms with Gasteiger partial charge >= 0.3 is 18.3 Å². The van der Waals surface area contributed by atoms with Gasteiger partial charge in [-0.05, 0) is 36.4 Å². The Morgan fingerprint density at radius 2 is 1.62 bits per heavy atom. The van der Waals surface area contributed by atoms with Gasteiger partial charge in [-0.2, -0.15) is 35.1 Å². The molecule has 0 radical (unpaired) electrons. The number of halogens is 8. The second kappa shape index (κ2) is 9.65. The third-order valence-corrected chi connectivity index (χ3v) is 4.97. The molecule has 0 amide bonds. The normalized spacial score (nSPS) is 17.8. The van der Waals surface area contributed by atoms with Crippen LogP contribution >= 0.6 is 0 Å². The van der Waals surface area contributed by atoms with Crippen LogP contribution in [0.3, 0.4) is 0 Å². The molecule has 34 heavy (non-hydrogen) atoms. The van der Waals surface area contributed by atoms with Crippen LogP contribution < -0.4 is 9.64 Å². The number of hydrogen-bond acceptors (Lipinski definition) is 3. The number of aliphatic hydroxyl groups is 1. The summed E-state index contributed by atoms with van der Waals surface area (Å²) in [5, 5.41) is 9.63. The van der Waals surface area contributed by atoms with E-state index in [-0.39, 0.29) is 11.4 Å². The van der Waals surface area contributed by atoms with E-state index in [0.717, 1.165) is 17.0 Å². The van der Waals surface area contributed by atoms with Gasteiger partial charge in [0.2, 0.25) is 0 Å². The Morgan fingerprint density at radius 3 is 2.24 bits per heavy atom. The standard InChI is InChI=1S/C23H19F8NO2/c24-21(25,23(29,30)31)15-6-4-7-16(12-15)32(14-20(33)22(26,27)28)17-8-5-11-19(13-17)34-18-9-2-1-3-10-18/h1-10,12-13,19-20,33H,11,14H2. The molecule has 1 aliphatic rings. The van der Waals surface area contributed by atoms with Gasteiger partial charge in [-0.15, -0.1) is 0 Å². The van der Waals surface area contributed by atoms with Crippen molar-refractivity contribution in [1.82, 2.24) is 0 Å². The highest BCUT2D eigenvalue weighted by molar-refractivity contribution is 5.57. The summed E-state index contributed by atoms with van der Waals surface area (Å²) in [6.07, 6.45) is -9.83. The zero-order valence-electron chi connectivity index (χ0n) is 17.3. The third-order valence-electron chi connectivity index (χ3n) is 4.97. The Hall–Kier alpha value is -3.08. The highest BCUT2D eigenvalue weighted by Crippen LogP contribution is 2.45. The fraction of sp³-hybridized carbons (Fsp3) is 0.304. The van der Waals surface area contributed by atoms with Crippen molar-refractivity contribution in [1.29, 1.82) is 0 Å². The highest BCUT2D eigenvalue weighted by Gasteiger charge is 2.58. The van der Waals surface area contributed by atoms with Crippen molar-refractivity contribution in [2.75, 3.05) is 11.4 Å². The smallest absolute Gasteiger partial charge is 0.458 e. The average Bonchev–Trinajstić information content (AvgIpc) is 2.77. The Morgan fingerprint density at radius 1 is 0.941 bits per heavy atom. The van der Waals surface area contributed by atoms with Gasteiger partial charge in [-0.1, -0.05) is 36.4 Å². The maximum absolute atomic E-state index is 13.9. The summed E-state index contributed by atoms with van der Waals surface area (Å²) in [6, 6.07) is 11.4. The van der Waals surface area contributed by atoms with Crippen LogP contribution in [-0.2, 0) is 5.92 Å². The molecule has 0 fully saturated rings. The zero-order chi connectivity index (χ0) is 25.1. The molecule has 1 N–H and O–H groups in total. The van der Waals surface area contributed by atoms with Gasteiger partial charge in [-0.3, -0.25) is 0 Å². The number of benzene rings is 2. The van der Waals surface area contributed by atoms with Crippen molar-refractivity contribution in [3.8, 4) is 5.75 Å². The first-order valence-electron chi connectivity index (χ1n) is 9.96. The number of nitrogens with zero attached hydrogens (tertiary/aromatic N) is 1. The molecule has 0 bridgehead atoms. The van der Waals surface area contributed by atoms with E-state index in [1.807, 2.05) is 0 Å². The first-order valence-corrected chi connectivity index (χ1v) is 9.96. The number of rotatable bonds is 7. The van der Waals surface area contributed by atoms with E-state index in [1.165, 1.54) is 12.2 Å². The molecule has 0 heterocycles.